The molecule has 0 aliphatic rings. The van der Waals surface area contributed by atoms with Crippen molar-refractivity contribution in [1.29, 1.82) is 0 Å². The van der Waals surface area contributed by atoms with Crippen LogP contribution in [0.15, 0.2) is 26.3 Å². The van der Waals surface area contributed by atoms with Crippen molar-refractivity contribution in [2.75, 3.05) is 6.61 Å². The normalized spacial score (nSPS) is 4.50. The molecule has 0 saturated carbocycles. The van der Waals surface area contributed by atoms with E-state index in [4.69, 9.17) is 15.0 Å². The van der Waals surface area contributed by atoms with Crippen molar-refractivity contribution < 1.29 is 44.6 Å². The van der Waals surface area contributed by atoms with Gasteiger partial charge in [-0.15, -0.1) is 26.3 Å². The third-order valence-electron chi connectivity index (χ3n) is 0.129. The molecule has 4 heteroatoms. The number of carboxylic acid groups (broad SMARTS) is 1. The van der Waals surface area contributed by atoms with Gasteiger partial charge in [0.25, 0.3) is 0 Å². The first kappa shape index (κ1) is 22.5. The van der Waals surface area contributed by atoms with Crippen LogP contribution in [0.25, 0.3) is 0 Å². The predicted octanol–water partition coefficient (Wildman–Crippen LogP) is -3.66. The summed E-state index contributed by atoms with van der Waals surface area (Å²) in [4.78, 5) is 9.01. The van der Waals surface area contributed by atoms with Crippen LogP contribution in [0.1, 0.15) is 0 Å². The molecular formula is C6H11NaO3. The molecule has 0 amide bonds. The van der Waals surface area contributed by atoms with Gasteiger partial charge in [0.05, 0.1) is 12.6 Å². The summed E-state index contributed by atoms with van der Waals surface area (Å²) in [5.41, 5.74) is 0. The van der Waals surface area contributed by atoms with Crippen molar-refractivity contribution >= 4 is 5.97 Å². The Labute approximate surface area is 83.4 Å². The van der Waals surface area contributed by atoms with Gasteiger partial charge in [-0.05, 0) is 0 Å². The number of aliphatic carboxylic acids is 1. The van der Waals surface area contributed by atoms with Crippen LogP contribution in [0.2, 0.25) is 0 Å². The topological polar surface area (TPSA) is 60.4 Å². The van der Waals surface area contributed by atoms with Gasteiger partial charge in [-0.1, -0.05) is 0 Å². The van der Waals surface area contributed by atoms with Crippen molar-refractivity contribution in [2.45, 2.75) is 0 Å². The number of carbonyl (C=O) groups is 1. The van der Waals surface area contributed by atoms with E-state index in [9.17, 15) is 0 Å². The van der Waals surface area contributed by atoms with E-state index in [1.807, 2.05) is 0 Å². The van der Waals surface area contributed by atoms with Crippen molar-refractivity contribution in [1.82, 2.24) is 0 Å². The summed E-state index contributed by atoms with van der Waals surface area (Å²) in [6.45, 7) is 11.1. The first-order valence-electron chi connectivity index (χ1n) is 2.08. The van der Waals surface area contributed by atoms with Crippen molar-refractivity contribution in [3.05, 3.63) is 26.3 Å². The fourth-order valence-corrected chi connectivity index (χ4v) is 0. The van der Waals surface area contributed by atoms with Crippen LogP contribution in [0.4, 0.5) is 0 Å². The Morgan fingerprint density at radius 3 is 1.40 bits per heavy atom. The quantitative estimate of drug-likeness (QED) is 0.313. The Hall–Kier alpha value is -0.0900. The van der Waals surface area contributed by atoms with Gasteiger partial charge in [-0.2, -0.15) is 0 Å². The van der Waals surface area contributed by atoms with Gasteiger partial charge in [0.1, 0.15) is 0 Å². The molecule has 10 heavy (non-hydrogen) atoms. The van der Waals surface area contributed by atoms with E-state index in [0.717, 1.165) is 0 Å². The molecule has 0 atom stereocenters. The molecule has 54 valence electrons. The van der Waals surface area contributed by atoms with E-state index in [-0.39, 0.29) is 29.6 Å². The molecule has 0 aliphatic heterocycles. The number of hydrogen-bond acceptors (Lipinski definition) is 3. The van der Waals surface area contributed by atoms with Crippen LogP contribution in [-0.2, 0) is 4.79 Å². The van der Waals surface area contributed by atoms with E-state index < -0.39 is 12.6 Å². The van der Waals surface area contributed by atoms with Crippen molar-refractivity contribution in [2.24, 2.45) is 0 Å². The number of hydrogen-bond donors (Lipinski definition) is 1. The summed E-state index contributed by atoms with van der Waals surface area (Å²) in [6.07, 6.45) is 0. The van der Waals surface area contributed by atoms with E-state index in [1.165, 1.54) is 0 Å². The first-order chi connectivity index (χ1) is 4.27. The molecule has 3 nitrogen and oxygen atoms in total. The molecule has 0 bridgehead atoms. The molecule has 0 aromatic heterocycles. The molecule has 0 spiro atoms. The second-order valence-corrected chi connectivity index (χ2v) is 0.530. The molecule has 0 aliphatic carbocycles. The Morgan fingerprint density at radius 2 is 1.40 bits per heavy atom. The fraction of sp³-hybridized carbons (Fsp3) is 0.167. The van der Waals surface area contributed by atoms with Gasteiger partial charge in [0, 0.05) is 0 Å². The second-order valence-electron chi connectivity index (χ2n) is 0.530. The number of rotatable bonds is 1. The minimum Gasteiger partial charge on any atom is -0.548 e. The largest absolute Gasteiger partial charge is 1.00 e. The fourth-order valence-electron chi connectivity index (χ4n) is 0. The van der Waals surface area contributed by atoms with Crippen LogP contribution in [0.3, 0.4) is 0 Å². The molecule has 0 aromatic rings. The van der Waals surface area contributed by atoms with Crippen molar-refractivity contribution in [3.63, 3.8) is 0 Å². The predicted molar refractivity (Wildman–Crippen MR) is 34.6 cm³/mol. The maximum Gasteiger partial charge on any atom is 1.00 e. The van der Waals surface area contributed by atoms with Gasteiger partial charge in [-0.25, -0.2) is 0 Å². The molecular weight excluding hydrogens is 143 g/mol. The summed E-state index contributed by atoms with van der Waals surface area (Å²) < 4.78 is 0. The minimum absolute atomic E-state index is 0. The van der Waals surface area contributed by atoms with E-state index in [2.05, 4.69) is 26.3 Å². The van der Waals surface area contributed by atoms with Crippen LogP contribution in [-0.4, -0.2) is 17.7 Å². The van der Waals surface area contributed by atoms with Gasteiger partial charge in [-0.3, -0.25) is 0 Å². The summed E-state index contributed by atoms with van der Waals surface area (Å²) in [6, 6.07) is 0. The minimum atomic E-state index is -1.44. The average Bonchev–Trinajstić information content (AvgIpc) is 1.97. The molecule has 0 heterocycles. The number of carboxylic acids is 1. The zero-order valence-corrected chi connectivity index (χ0v) is 8.30. The summed E-state index contributed by atoms with van der Waals surface area (Å²) in [7, 11) is 0. The third kappa shape index (κ3) is 104. The van der Waals surface area contributed by atoms with E-state index in [0.29, 0.717) is 0 Å². The average molecular weight is 154 g/mol. The van der Waals surface area contributed by atoms with Crippen LogP contribution < -0.4 is 34.7 Å². The third-order valence-corrected chi connectivity index (χ3v) is 0.129. The van der Waals surface area contributed by atoms with Gasteiger partial charge in [0.2, 0.25) is 0 Å². The zero-order valence-electron chi connectivity index (χ0n) is 6.30. The van der Waals surface area contributed by atoms with Crippen LogP contribution in [0.5, 0.6) is 0 Å². The standard InChI is InChI=1S/C2H4O3.2C2H4.Na/c3-1-2(4)5;2*1-2;/h3H,1H2,(H,4,5);2*1-2H2;/q;;;+1/p-1. The molecule has 0 unspecified atom stereocenters. The van der Waals surface area contributed by atoms with Gasteiger partial charge in [0.15, 0.2) is 0 Å². The second kappa shape index (κ2) is 36.5. The Bertz CT molecular complexity index is 64.0. The SMILES string of the molecule is C=C.C=C.O=C([O-])CO.[Na+]. The molecule has 1 N–H and O–H groups in total. The maximum absolute atomic E-state index is 9.01. The summed E-state index contributed by atoms with van der Waals surface area (Å²) in [5, 5.41) is 16.5. The maximum atomic E-state index is 9.01. The first-order valence-corrected chi connectivity index (χ1v) is 2.08. The van der Waals surface area contributed by atoms with Gasteiger partial charge >= 0.3 is 29.6 Å². The zero-order chi connectivity index (χ0) is 8.28. The number of aliphatic hydroxyl groups is 1. The molecule has 0 saturated heterocycles. The Kier molecular flexibility index (Phi) is 82.1. The molecule has 0 radical (unpaired) electrons. The summed E-state index contributed by atoms with van der Waals surface area (Å²) >= 11 is 0. The smallest absolute Gasteiger partial charge is 0.548 e. The number of aliphatic hydroxyl groups excluding tert-OH is 1. The van der Waals surface area contributed by atoms with E-state index in [1.54, 1.807) is 0 Å². The molecule has 0 fully saturated rings. The molecule has 0 rings (SSSR count). The van der Waals surface area contributed by atoms with Crippen LogP contribution in [0, 0.1) is 0 Å². The van der Waals surface area contributed by atoms with E-state index >= 15 is 0 Å². The molecule has 0 aromatic carbocycles. The summed E-state index contributed by atoms with van der Waals surface area (Å²) in [5.74, 6) is -1.44. The van der Waals surface area contributed by atoms with Crippen molar-refractivity contribution in [3.8, 4) is 0 Å². The van der Waals surface area contributed by atoms with Gasteiger partial charge < -0.3 is 15.0 Å². The Balaban J connectivity index is -0.0000000315. The monoisotopic (exact) mass is 154 g/mol. The van der Waals surface area contributed by atoms with Crippen LogP contribution >= 0.6 is 0 Å². The number of carbonyl (C=O) groups excluding carboxylic acids is 1. The Morgan fingerprint density at radius 1 is 1.30 bits per heavy atom.